The minimum absolute atomic E-state index is 0.111. The Morgan fingerprint density at radius 2 is 2.19 bits per heavy atom. The Kier molecular flexibility index (Phi) is 3.22. The molecule has 4 aromatic rings. The summed E-state index contributed by atoms with van der Waals surface area (Å²) in [6.45, 7) is 4.19. The van der Waals surface area contributed by atoms with Crippen molar-refractivity contribution in [3.63, 3.8) is 0 Å². The smallest absolute Gasteiger partial charge is 0.182 e. The summed E-state index contributed by atoms with van der Waals surface area (Å²) in [5, 5.41) is 3.40. The number of aromatic amines is 1. The standard InChI is InChI=1S/C18H18FN7/c1-9-3-4-11-12(19)5-6-13-15(11)26(9)18(25-13)10(2)24-17-14-16(21-7-20-14)22-8-23-17/h5-10H,3-4H2,1-2H3,(H2,20,21,22,23,24)/t9-,10?/m0/s1. The van der Waals surface area contributed by atoms with Crippen molar-refractivity contribution in [3.05, 3.63) is 42.0 Å². The summed E-state index contributed by atoms with van der Waals surface area (Å²) in [5.74, 6) is 1.41. The van der Waals surface area contributed by atoms with Crippen LogP contribution in [-0.2, 0) is 6.42 Å². The highest BCUT2D eigenvalue weighted by atomic mass is 19.1. The summed E-state index contributed by atoms with van der Waals surface area (Å²) < 4.78 is 16.4. The van der Waals surface area contributed by atoms with Gasteiger partial charge in [0.2, 0.25) is 0 Å². The third-order valence-electron chi connectivity index (χ3n) is 5.14. The van der Waals surface area contributed by atoms with Crippen LogP contribution in [0.25, 0.3) is 22.2 Å². The minimum Gasteiger partial charge on any atom is -0.358 e. The molecule has 8 heteroatoms. The van der Waals surface area contributed by atoms with Gasteiger partial charge in [-0.2, -0.15) is 0 Å². The van der Waals surface area contributed by atoms with Gasteiger partial charge in [-0.1, -0.05) is 0 Å². The number of nitrogens with zero attached hydrogens (tertiary/aromatic N) is 5. The summed E-state index contributed by atoms with van der Waals surface area (Å²) in [6.07, 6.45) is 4.73. The molecule has 0 aliphatic carbocycles. The van der Waals surface area contributed by atoms with E-state index in [1.54, 1.807) is 12.4 Å². The van der Waals surface area contributed by atoms with Gasteiger partial charge in [-0.25, -0.2) is 24.3 Å². The van der Waals surface area contributed by atoms with Gasteiger partial charge in [-0.05, 0) is 38.8 Å². The molecule has 4 heterocycles. The number of H-pyrrole nitrogens is 1. The summed E-state index contributed by atoms with van der Waals surface area (Å²) in [5.41, 5.74) is 3.90. The van der Waals surface area contributed by atoms with Gasteiger partial charge in [0.1, 0.15) is 23.5 Å². The highest BCUT2D eigenvalue weighted by Crippen LogP contribution is 2.36. The number of hydrogen-bond donors (Lipinski definition) is 2. The van der Waals surface area contributed by atoms with Crippen molar-refractivity contribution >= 4 is 28.0 Å². The average molecular weight is 351 g/mol. The Balaban J connectivity index is 1.62. The second-order valence-corrected chi connectivity index (χ2v) is 6.81. The SMILES string of the molecule is CC(Nc1ncnc2nc[nH]c12)c1nc2ccc(F)c3c2n1[C@@H](C)CC3. The van der Waals surface area contributed by atoms with E-state index < -0.39 is 0 Å². The van der Waals surface area contributed by atoms with Crippen LogP contribution in [0.2, 0.25) is 0 Å². The van der Waals surface area contributed by atoms with Crippen LogP contribution in [0.4, 0.5) is 10.2 Å². The Hall–Kier alpha value is -3.03. The number of rotatable bonds is 3. The van der Waals surface area contributed by atoms with Gasteiger partial charge in [-0.3, -0.25) is 0 Å². The first-order chi connectivity index (χ1) is 12.6. The summed E-state index contributed by atoms with van der Waals surface area (Å²) in [4.78, 5) is 20.5. The maximum Gasteiger partial charge on any atom is 0.182 e. The summed E-state index contributed by atoms with van der Waals surface area (Å²) >= 11 is 0. The lowest BCUT2D eigenvalue weighted by Crippen LogP contribution is -2.20. The van der Waals surface area contributed by atoms with E-state index in [-0.39, 0.29) is 17.9 Å². The van der Waals surface area contributed by atoms with E-state index in [0.717, 1.165) is 40.8 Å². The molecule has 3 aromatic heterocycles. The zero-order chi connectivity index (χ0) is 17.8. The monoisotopic (exact) mass is 351 g/mol. The van der Waals surface area contributed by atoms with Crippen LogP contribution in [-0.4, -0.2) is 29.5 Å². The predicted octanol–water partition coefficient (Wildman–Crippen LogP) is 3.52. The number of fused-ring (bicyclic) bond motifs is 1. The molecule has 1 unspecified atom stereocenters. The zero-order valence-corrected chi connectivity index (χ0v) is 14.5. The number of anilines is 1. The Morgan fingerprint density at radius 3 is 3.08 bits per heavy atom. The number of aromatic nitrogens is 6. The summed E-state index contributed by atoms with van der Waals surface area (Å²) in [6, 6.07) is 3.44. The van der Waals surface area contributed by atoms with E-state index in [4.69, 9.17) is 4.98 Å². The van der Waals surface area contributed by atoms with E-state index >= 15 is 0 Å². The molecule has 7 nitrogen and oxygen atoms in total. The molecule has 0 spiro atoms. The normalized spacial score (nSPS) is 17.7. The van der Waals surface area contributed by atoms with Crippen LogP contribution in [0.3, 0.4) is 0 Å². The molecule has 1 aromatic carbocycles. The number of benzene rings is 1. The van der Waals surface area contributed by atoms with Crippen LogP contribution >= 0.6 is 0 Å². The van der Waals surface area contributed by atoms with Crippen molar-refractivity contribution in [2.45, 2.75) is 38.8 Å². The number of halogens is 1. The molecule has 132 valence electrons. The second kappa shape index (κ2) is 5.48. The number of imidazole rings is 2. The van der Waals surface area contributed by atoms with Crippen molar-refractivity contribution in [1.29, 1.82) is 0 Å². The average Bonchev–Trinajstić information content (AvgIpc) is 3.26. The minimum atomic E-state index is -0.146. The van der Waals surface area contributed by atoms with E-state index in [1.807, 2.05) is 6.92 Å². The van der Waals surface area contributed by atoms with Crippen molar-refractivity contribution < 1.29 is 4.39 Å². The fraction of sp³-hybridized carbons (Fsp3) is 0.333. The molecular weight excluding hydrogens is 333 g/mol. The summed E-state index contributed by atoms with van der Waals surface area (Å²) in [7, 11) is 0. The molecular formula is C18H18FN7. The largest absolute Gasteiger partial charge is 0.358 e. The van der Waals surface area contributed by atoms with Gasteiger partial charge < -0.3 is 14.9 Å². The Morgan fingerprint density at radius 1 is 1.31 bits per heavy atom. The van der Waals surface area contributed by atoms with Crippen molar-refractivity contribution in [2.24, 2.45) is 0 Å². The van der Waals surface area contributed by atoms with Gasteiger partial charge in [0, 0.05) is 11.6 Å². The number of aryl methyl sites for hydroxylation is 1. The van der Waals surface area contributed by atoms with E-state index in [1.165, 1.54) is 12.4 Å². The molecule has 0 bridgehead atoms. The van der Waals surface area contributed by atoms with Gasteiger partial charge in [0.25, 0.3) is 0 Å². The molecule has 0 amide bonds. The maximum atomic E-state index is 14.3. The first-order valence-electron chi connectivity index (χ1n) is 8.73. The van der Waals surface area contributed by atoms with Gasteiger partial charge in [-0.15, -0.1) is 0 Å². The highest BCUT2D eigenvalue weighted by molar-refractivity contribution is 5.83. The highest BCUT2D eigenvalue weighted by Gasteiger charge is 2.27. The topological polar surface area (TPSA) is 84.3 Å². The first-order valence-corrected chi connectivity index (χ1v) is 8.73. The Bertz CT molecular complexity index is 1130. The molecule has 26 heavy (non-hydrogen) atoms. The fourth-order valence-electron chi connectivity index (χ4n) is 3.87. The fourth-order valence-corrected chi connectivity index (χ4v) is 3.87. The maximum absolute atomic E-state index is 14.3. The molecule has 5 rings (SSSR count). The van der Waals surface area contributed by atoms with Crippen LogP contribution < -0.4 is 5.32 Å². The third-order valence-corrected chi connectivity index (χ3v) is 5.14. The molecule has 0 fully saturated rings. The number of nitrogens with one attached hydrogen (secondary N) is 2. The van der Waals surface area contributed by atoms with Gasteiger partial charge in [0.15, 0.2) is 11.5 Å². The van der Waals surface area contributed by atoms with Crippen molar-refractivity contribution in [2.75, 3.05) is 5.32 Å². The predicted molar refractivity (Wildman–Crippen MR) is 96.4 cm³/mol. The molecule has 2 N–H and O–H groups in total. The Labute approximate surface area is 148 Å². The third kappa shape index (κ3) is 2.11. The van der Waals surface area contributed by atoms with E-state index in [2.05, 4.69) is 36.7 Å². The van der Waals surface area contributed by atoms with Gasteiger partial charge in [0.05, 0.1) is 23.4 Å². The van der Waals surface area contributed by atoms with E-state index in [9.17, 15) is 4.39 Å². The molecule has 1 aliphatic rings. The molecule has 0 saturated heterocycles. The van der Waals surface area contributed by atoms with Crippen molar-refractivity contribution in [1.82, 2.24) is 29.5 Å². The molecule has 0 radical (unpaired) electrons. The van der Waals surface area contributed by atoms with Crippen LogP contribution in [0.15, 0.2) is 24.8 Å². The molecule has 2 atom stereocenters. The van der Waals surface area contributed by atoms with Crippen LogP contribution in [0.1, 0.15) is 43.7 Å². The van der Waals surface area contributed by atoms with Crippen LogP contribution in [0.5, 0.6) is 0 Å². The zero-order valence-electron chi connectivity index (χ0n) is 14.5. The lowest BCUT2D eigenvalue weighted by Gasteiger charge is -2.26. The number of hydrogen-bond acceptors (Lipinski definition) is 5. The molecule has 0 saturated carbocycles. The van der Waals surface area contributed by atoms with Crippen LogP contribution in [0, 0.1) is 5.82 Å². The second-order valence-electron chi connectivity index (χ2n) is 6.81. The lowest BCUT2D eigenvalue weighted by atomic mass is 9.99. The lowest BCUT2D eigenvalue weighted by molar-refractivity contribution is 0.466. The first kappa shape index (κ1) is 15.2. The quantitative estimate of drug-likeness (QED) is 0.590. The molecule has 1 aliphatic heterocycles. The van der Waals surface area contributed by atoms with E-state index in [0.29, 0.717) is 11.5 Å². The van der Waals surface area contributed by atoms with Gasteiger partial charge >= 0.3 is 0 Å². The van der Waals surface area contributed by atoms with Crippen molar-refractivity contribution in [3.8, 4) is 0 Å².